The second kappa shape index (κ2) is 3.25. The average Bonchev–Trinajstić information content (AvgIpc) is 3.10. The molecule has 5 heteroatoms. The molecule has 4 aromatic heterocycles. The number of aromatic nitrogens is 5. The molecule has 0 spiro atoms. The zero-order valence-electron chi connectivity index (χ0n) is 11.0. The van der Waals surface area contributed by atoms with Gasteiger partial charge in [0.15, 0.2) is 5.52 Å². The summed E-state index contributed by atoms with van der Waals surface area (Å²) in [7, 11) is 2.11. The maximum atomic E-state index is 4.27. The Morgan fingerprint density at radius 3 is 3.00 bits per heavy atom. The van der Waals surface area contributed by atoms with E-state index in [-0.39, 0.29) is 0 Å². The van der Waals surface area contributed by atoms with Crippen molar-refractivity contribution in [3.8, 4) is 11.4 Å². The molecule has 0 amide bonds. The van der Waals surface area contributed by atoms with Crippen molar-refractivity contribution in [2.75, 3.05) is 0 Å². The van der Waals surface area contributed by atoms with E-state index in [1.165, 1.54) is 33.5 Å². The first kappa shape index (κ1) is 10.1. The Morgan fingerprint density at radius 1 is 1.15 bits per heavy atom. The third-order valence-corrected chi connectivity index (χ3v) is 4.22. The van der Waals surface area contributed by atoms with Gasteiger partial charge in [0.2, 0.25) is 5.52 Å². The molecule has 0 aliphatic carbocycles. The predicted octanol–water partition coefficient (Wildman–Crippen LogP) is 1.54. The lowest BCUT2D eigenvalue weighted by molar-refractivity contribution is -0.645. The van der Waals surface area contributed by atoms with Crippen LogP contribution in [0.15, 0.2) is 43.2 Å². The zero-order chi connectivity index (χ0) is 13.3. The van der Waals surface area contributed by atoms with Gasteiger partial charge in [0.05, 0.1) is 30.7 Å². The topological polar surface area (TPSA) is 39.0 Å². The fourth-order valence-electron chi connectivity index (χ4n) is 3.34. The summed E-state index contributed by atoms with van der Waals surface area (Å²) >= 11 is 0. The highest BCUT2D eigenvalue weighted by molar-refractivity contribution is 5.91. The molecule has 4 aromatic rings. The highest BCUT2D eigenvalue weighted by atomic mass is 15.2. The molecule has 5 nitrogen and oxygen atoms in total. The molecule has 5 rings (SSSR count). The molecule has 0 aromatic carbocycles. The fraction of sp³-hybridized carbons (Fsp3) is 0.133. The van der Waals surface area contributed by atoms with Gasteiger partial charge in [0.1, 0.15) is 6.54 Å². The van der Waals surface area contributed by atoms with Gasteiger partial charge in [-0.1, -0.05) is 0 Å². The number of hydrogen-bond donors (Lipinski definition) is 0. The van der Waals surface area contributed by atoms with Crippen molar-refractivity contribution in [1.82, 2.24) is 18.9 Å². The van der Waals surface area contributed by atoms with Crippen molar-refractivity contribution < 1.29 is 4.57 Å². The largest absolute Gasteiger partial charge is 0.299 e. The van der Waals surface area contributed by atoms with Crippen LogP contribution in [0.4, 0.5) is 0 Å². The Labute approximate surface area is 114 Å². The minimum atomic E-state index is 0.909. The Kier molecular flexibility index (Phi) is 1.65. The summed E-state index contributed by atoms with van der Waals surface area (Å²) in [5, 5.41) is 0. The standard InChI is InChI=1S/C15H12N5/c1-18-13-8-19-9-17-5-3-12(19)14(13)20-7-10-2-4-16-6-11(10)15(18)20/h2-6,8-9H,7H2,1H3/q+1. The van der Waals surface area contributed by atoms with E-state index in [4.69, 9.17) is 0 Å². The minimum Gasteiger partial charge on any atom is -0.299 e. The van der Waals surface area contributed by atoms with Crippen LogP contribution < -0.4 is 4.57 Å². The number of fused-ring (bicyclic) bond motifs is 7. The Balaban J connectivity index is 1.99. The van der Waals surface area contributed by atoms with E-state index in [0.29, 0.717) is 0 Å². The average molecular weight is 262 g/mol. The van der Waals surface area contributed by atoms with Crippen LogP contribution in [0.5, 0.6) is 0 Å². The molecule has 1 aliphatic rings. The Bertz CT molecular complexity index is 992. The molecule has 0 unspecified atom stereocenters. The highest BCUT2D eigenvalue weighted by Gasteiger charge is 2.34. The third kappa shape index (κ3) is 1.02. The molecule has 20 heavy (non-hydrogen) atoms. The van der Waals surface area contributed by atoms with E-state index >= 15 is 0 Å². The maximum Gasteiger partial charge on any atom is 0.292 e. The van der Waals surface area contributed by atoms with E-state index in [2.05, 4.69) is 48.9 Å². The van der Waals surface area contributed by atoms with Crippen LogP contribution in [0.25, 0.3) is 27.9 Å². The van der Waals surface area contributed by atoms with E-state index in [0.717, 1.165) is 6.54 Å². The van der Waals surface area contributed by atoms with Gasteiger partial charge in [0.25, 0.3) is 5.82 Å². The second-order valence-corrected chi connectivity index (χ2v) is 5.24. The van der Waals surface area contributed by atoms with Gasteiger partial charge >= 0.3 is 0 Å². The fourth-order valence-corrected chi connectivity index (χ4v) is 3.34. The number of hydrogen-bond acceptors (Lipinski definition) is 2. The predicted molar refractivity (Wildman–Crippen MR) is 74.2 cm³/mol. The van der Waals surface area contributed by atoms with Gasteiger partial charge in [-0.2, -0.15) is 0 Å². The summed E-state index contributed by atoms with van der Waals surface area (Å²) in [5.74, 6) is 1.23. The van der Waals surface area contributed by atoms with Crippen molar-refractivity contribution in [3.05, 3.63) is 48.8 Å². The molecular formula is C15H12N5+. The first-order chi connectivity index (χ1) is 9.84. The molecule has 0 atom stereocenters. The molecular weight excluding hydrogens is 250 g/mol. The maximum absolute atomic E-state index is 4.27. The molecule has 0 N–H and O–H groups in total. The van der Waals surface area contributed by atoms with Gasteiger partial charge in [0, 0.05) is 24.2 Å². The van der Waals surface area contributed by atoms with Crippen LogP contribution in [0.1, 0.15) is 5.56 Å². The number of rotatable bonds is 0. The number of nitrogens with zero attached hydrogens (tertiary/aromatic N) is 5. The molecule has 1 aliphatic heterocycles. The zero-order valence-corrected chi connectivity index (χ0v) is 11.0. The Morgan fingerprint density at radius 2 is 2.05 bits per heavy atom. The molecule has 5 heterocycles. The normalized spacial score (nSPS) is 13.1. The van der Waals surface area contributed by atoms with Gasteiger partial charge in [-0.25, -0.2) is 14.1 Å². The van der Waals surface area contributed by atoms with Crippen molar-refractivity contribution in [2.45, 2.75) is 6.54 Å². The van der Waals surface area contributed by atoms with Crippen LogP contribution in [0, 0.1) is 0 Å². The van der Waals surface area contributed by atoms with Gasteiger partial charge < -0.3 is 0 Å². The number of pyridine rings is 1. The lowest BCUT2D eigenvalue weighted by Crippen LogP contribution is -2.31. The molecule has 0 radical (unpaired) electrons. The lowest BCUT2D eigenvalue weighted by Gasteiger charge is -1.94. The van der Waals surface area contributed by atoms with Crippen molar-refractivity contribution >= 4 is 16.6 Å². The molecule has 0 saturated carbocycles. The number of imidazole rings is 1. The lowest BCUT2D eigenvalue weighted by atomic mass is 10.2. The SMILES string of the molecule is Cn1c2[n+](c3c1cn1cnccc31)Cc1ccncc1-2. The summed E-state index contributed by atoms with van der Waals surface area (Å²) < 4.78 is 6.70. The third-order valence-electron chi connectivity index (χ3n) is 4.22. The second-order valence-electron chi connectivity index (χ2n) is 5.24. The summed E-state index contributed by atoms with van der Waals surface area (Å²) in [5.41, 5.74) is 6.25. The minimum absolute atomic E-state index is 0.909. The van der Waals surface area contributed by atoms with Crippen LogP contribution in [-0.2, 0) is 13.6 Å². The number of aryl methyl sites for hydroxylation is 1. The van der Waals surface area contributed by atoms with Crippen molar-refractivity contribution in [2.24, 2.45) is 7.05 Å². The van der Waals surface area contributed by atoms with Crippen LogP contribution in [0.3, 0.4) is 0 Å². The van der Waals surface area contributed by atoms with Crippen molar-refractivity contribution in [3.63, 3.8) is 0 Å². The summed E-state index contributed by atoms with van der Waals surface area (Å²) in [6.07, 6.45) is 9.66. The summed E-state index contributed by atoms with van der Waals surface area (Å²) in [4.78, 5) is 8.46. The summed E-state index contributed by atoms with van der Waals surface area (Å²) in [6, 6.07) is 4.17. The molecule has 0 fully saturated rings. The van der Waals surface area contributed by atoms with E-state index in [1.807, 2.05) is 24.9 Å². The molecule has 0 bridgehead atoms. The van der Waals surface area contributed by atoms with Crippen LogP contribution >= 0.6 is 0 Å². The molecule has 96 valence electrons. The van der Waals surface area contributed by atoms with Gasteiger partial charge in [-0.15, -0.1) is 0 Å². The highest BCUT2D eigenvalue weighted by Crippen LogP contribution is 2.31. The Hall–Kier alpha value is -2.69. The van der Waals surface area contributed by atoms with E-state index in [9.17, 15) is 0 Å². The summed E-state index contributed by atoms with van der Waals surface area (Å²) in [6.45, 7) is 0.909. The first-order valence-electron chi connectivity index (χ1n) is 6.61. The molecule has 0 saturated heterocycles. The van der Waals surface area contributed by atoms with Gasteiger partial charge in [-0.05, 0) is 12.1 Å². The van der Waals surface area contributed by atoms with Crippen molar-refractivity contribution in [1.29, 1.82) is 0 Å². The smallest absolute Gasteiger partial charge is 0.292 e. The first-order valence-corrected chi connectivity index (χ1v) is 6.61. The van der Waals surface area contributed by atoms with Crippen LogP contribution in [0.2, 0.25) is 0 Å². The van der Waals surface area contributed by atoms with Crippen LogP contribution in [-0.4, -0.2) is 18.9 Å². The van der Waals surface area contributed by atoms with E-state index < -0.39 is 0 Å². The quantitative estimate of drug-likeness (QED) is 0.397. The van der Waals surface area contributed by atoms with Gasteiger partial charge in [-0.3, -0.25) is 9.38 Å². The monoisotopic (exact) mass is 262 g/mol. The van der Waals surface area contributed by atoms with E-state index in [1.54, 1.807) is 0 Å².